The monoisotopic (exact) mass is 440 g/mol. The minimum Gasteiger partial charge on any atom is -0.494 e. The normalized spacial score (nSPS) is 18.3. The summed E-state index contributed by atoms with van der Waals surface area (Å²) >= 11 is 0. The smallest absolute Gasteiger partial charge is 0.125 e. The van der Waals surface area contributed by atoms with E-state index in [0.29, 0.717) is 18.7 Å². The lowest BCUT2D eigenvalue weighted by atomic mass is 9.91. The minimum atomic E-state index is 0. The molecule has 0 radical (unpaired) electrons. The van der Waals surface area contributed by atoms with E-state index in [9.17, 15) is 0 Å². The van der Waals surface area contributed by atoms with Crippen molar-refractivity contribution in [3.63, 3.8) is 0 Å². The Bertz CT molecular complexity index is 719. The van der Waals surface area contributed by atoms with Crippen LogP contribution in [0.15, 0.2) is 36.5 Å². The highest BCUT2D eigenvalue weighted by Crippen LogP contribution is 2.28. The van der Waals surface area contributed by atoms with Gasteiger partial charge in [0.25, 0.3) is 0 Å². The fraction of sp³-hybridized carbons (Fsp3) is 0.500. The number of anilines is 1. The van der Waals surface area contributed by atoms with E-state index in [1.54, 1.807) is 0 Å². The second-order valence-corrected chi connectivity index (χ2v) is 7.16. The quantitative estimate of drug-likeness (QED) is 0.557. The van der Waals surface area contributed by atoms with Gasteiger partial charge in [0.15, 0.2) is 0 Å². The summed E-state index contributed by atoms with van der Waals surface area (Å²) in [5.74, 6) is 1.85. The molecular formula is C22H34Cl2N4O. The second kappa shape index (κ2) is 12.9. The second-order valence-electron chi connectivity index (χ2n) is 7.16. The number of nitrogens with one attached hydrogen (secondary N) is 3. The van der Waals surface area contributed by atoms with Crippen LogP contribution in [0.2, 0.25) is 0 Å². The van der Waals surface area contributed by atoms with Crippen molar-refractivity contribution in [2.24, 2.45) is 0 Å². The average molecular weight is 441 g/mol. The Morgan fingerprint density at radius 2 is 1.66 bits per heavy atom. The first-order valence-corrected chi connectivity index (χ1v) is 10.0. The molecule has 3 N–H and O–H groups in total. The SMILES string of the molecule is CCOc1ccc(-c2ccc(NC)nc2)cc1CNC1CCC(NC)CC1.Cl.Cl. The maximum atomic E-state index is 5.86. The molecule has 1 fully saturated rings. The van der Waals surface area contributed by atoms with E-state index in [2.05, 4.69) is 52.2 Å². The number of aromatic nitrogens is 1. The van der Waals surface area contributed by atoms with Crippen molar-refractivity contribution < 1.29 is 4.74 Å². The van der Waals surface area contributed by atoms with Gasteiger partial charge in [0.1, 0.15) is 11.6 Å². The molecule has 0 amide bonds. The van der Waals surface area contributed by atoms with Gasteiger partial charge in [0.2, 0.25) is 0 Å². The number of pyridine rings is 1. The molecule has 1 aromatic carbocycles. The first-order valence-electron chi connectivity index (χ1n) is 10.0. The third-order valence-electron chi connectivity index (χ3n) is 5.43. The third-order valence-corrected chi connectivity index (χ3v) is 5.43. The van der Waals surface area contributed by atoms with Crippen molar-refractivity contribution in [1.82, 2.24) is 15.6 Å². The van der Waals surface area contributed by atoms with E-state index in [1.807, 2.05) is 26.2 Å². The van der Waals surface area contributed by atoms with E-state index < -0.39 is 0 Å². The lowest BCUT2D eigenvalue weighted by Crippen LogP contribution is -2.38. The first kappa shape index (κ1) is 25.5. The van der Waals surface area contributed by atoms with Gasteiger partial charge >= 0.3 is 0 Å². The molecule has 1 aliphatic rings. The molecule has 0 atom stereocenters. The molecule has 162 valence electrons. The summed E-state index contributed by atoms with van der Waals surface area (Å²) in [6, 6.07) is 11.8. The Labute approximate surface area is 187 Å². The standard InChI is InChI=1S/C22H32N4O.2ClH/c1-4-27-21-11-5-16(17-6-12-22(24-3)26-14-17)13-18(21)15-25-20-9-7-19(23-2)8-10-20;;/h5-6,11-14,19-20,23,25H,4,7-10,15H2,1-3H3,(H,24,26);2*1H. The minimum absolute atomic E-state index is 0. The molecule has 7 heteroatoms. The zero-order valence-corrected chi connectivity index (χ0v) is 19.2. The molecule has 0 bridgehead atoms. The van der Waals surface area contributed by atoms with Crippen LogP contribution in [0.3, 0.4) is 0 Å². The van der Waals surface area contributed by atoms with Crippen molar-refractivity contribution in [2.75, 3.05) is 26.0 Å². The van der Waals surface area contributed by atoms with Gasteiger partial charge in [-0.15, -0.1) is 24.8 Å². The molecule has 1 heterocycles. The number of rotatable bonds is 8. The van der Waals surface area contributed by atoms with E-state index in [-0.39, 0.29) is 24.8 Å². The Hall–Kier alpha value is -1.53. The third kappa shape index (κ3) is 7.03. The van der Waals surface area contributed by atoms with Crippen LogP contribution in [0.5, 0.6) is 5.75 Å². The molecule has 5 nitrogen and oxygen atoms in total. The molecule has 0 unspecified atom stereocenters. The fourth-order valence-electron chi connectivity index (χ4n) is 3.75. The Morgan fingerprint density at radius 1 is 0.966 bits per heavy atom. The van der Waals surface area contributed by atoms with Gasteiger partial charge in [-0.1, -0.05) is 6.07 Å². The van der Waals surface area contributed by atoms with Gasteiger partial charge in [-0.3, -0.25) is 0 Å². The highest BCUT2D eigenvalue weighted by Gasteiger charge is 2.19. The van der Waals surface area contributed by atoms with Crippen LogP contribution in [0, 0.1) is 0 Å². The van der Waals surface area contributed by atoms with Crippen molar-refractivity contribution in [2.45, 2.75) is 51.2 Å². The van der Waals surface area contributed by atoms with Crippen LogP contribution >= 0.6 is 24.8 Å². The molecule has 2 aromatic rings. The molecule has 1 aliphatic carbocycles. The van der Waals surface area contributed by atoms with E-state index in [1.165, 1.54) is 36.8 Å². The summed E-state index contributed by atoms with van der Waals surface area (Å²) in [7, 11) is 3.95. The largest absolute Gasteiger partial charge is 0.494 e. The van der Waals surface area contributed by atoms with E-state index >= 15 is 0 Å². The molecular weight excluding hydrogens is 407 g/mol. The van der Waals surface area contributed by atoms with Crippen LogP contribution in [-0.2, 0) is 6.54 Å². The Kier molecular flexibility index (Phi) is 11.4. The van der Waals surface area contributed by atoms with Crippen molar-refractivity contribution in [1.29, 1.82) is 0 Å². The summed E-state index contributed by atoms with van der Waals surface area (Å²) in [5, 5.41) is 10.2. The molecule has 29 heavy (non-hydrogen) atoms. The topological polar surface area (TPSA) is 58.2 Å². The van der Waals surface area contributed by atoms with Gasteiger partial charge in [0.05, 0.1) is 6.61 Å². The fourth-order valence-corrected chi connectivity index (χ4v) is 3.75. The molecule has 3 rings (SSSR count). The molecule has 0 saturated heterocycles. The summed E-state index contributed by atoms with van der Waals surface area (Å²) in [6.45, 7) is 3.54. The van der Waals surface area contributed by atoms with E-state index in [4.69, 9.17) is 4.74 Å². The van der Waals surface area contributed by atoms with Crippen LogP contribution in [-0.4, -0.2) is 37.8 Å². The number of hydrogen-bond donors (Lipinski definition) is 3. The molecule has 1 aromatic heterocycles. The zero-order chi connectivity index (χ0) is 19.1. The summed E-state index contributed by atoms with van der Waals surface area (Å²) < 4.78 is 5.86. The summed E-state index contributed by atoms with van der Waals surface area (Å²) in [6.07, 6.45) is 6.86. The van der Waals surface area contributed by atoms with Crippen molar-refractivity contribution >= 4 is 30.6 Å². The van der Waals surface area contributed by atoms with Gasteiger partial charge < -0.3 is 20.7 Å². The number of ether oxygens (including phenoxy) is 1. The Morgan fingerprint density at radius 3 is 2.24 bits per heavy atom. The lowest BCUT2D eigenvalue weighted by Gasteiger charge is -2.29. The molecule has 1 saturated carbocycles. The number of halogens is 2. The van der Waals surface area contributed by atoms with Crippen LogP contribution < -0.4 is 20.7 Å². The highest BCUT2D eigenvalue weighted by molar-refractivity contribution is 5.85. The average Bonchev–Trinajstić information content (AvgIpc) is 2.73. The van der Waals surface area contributed by atoms with Crippen molar-refractivity contribution in [3.8, 4) is 16.9 Å². The first-order chi connectivity index (χ1) is 13.2. The number of benzene rings is 1. The number of nitrogens with zero attached hydrogens (tertiary/aromatic N) is 1. The highest BCUT2D eigenvalue weighted by atomic mass is 35.5. The summed E-state index contributed by atoms with van der Waals surface area (Å²) in [4.78, 5) is 4.43. The van der Waals surface area contributed by atoms with Gasteiger partial charge in [-0.25, -0.2) is 4.98 Å². The van der Waals surface area contributed by atoms with E-state index in [0.717, 1.165) is 23.7 Å². The van der Waals surface area contributed by atoms with Gasteiger partial charge in [0, 0.05) is 43.0 Å². The van der Waals surface area contributed by atoms with Gasteiger partial charge in [-0.05, 0) is 69.5 Å². The number of hydrogen-bond acceptors (Lipinski definition) is 5. The van der Waals surface area contributed by atoms with Crippen LogP contribution in [0.25, 0.3) is 11.1 Å². The summed E-state index contributed by atoms with van der Waals surface area (Å²) in [5.41, 5.74) is 3.50. The predicted molar refractivity (Wildman–Crippen MR) is 127 cm³/mol. The lowest BCUT2D eigenvalue weighted by molar-refractivity contribution is 0.310. The maximum absolute atomic E-state index is 5.86. The molecule has 0 aliphatic heterocycles. The van der Waals surface area contributed by atoms with Gasteiger partial charge in [-0.2, -0.15) is 0 Å². The molecule has 0 spiro atoms. The zero-order valence-electron chi connectivity index (χ0n) is 17.5. The Balaban J connectivity index is 0.00000210. The van der Waals surface area contributed by atoms with Crippen molar-refractivity contribution in [3.05, 3.63) is 42.1 Å². The maximum Gasteiger partial charge on any atom is 0.125 e. The van der Waals surface area contributed by atoms with Crippen LogP contribution in [0.4, 0.5) is 5.82 Å². The predicted octanol–water partition coefficient (Wildman–Crippen LogP) is 4.65. The van der Waals surface area contributed by atoms with Crippen LogP contribution in [0.1, 0.15) is 38.2 Å².